The van der Waals surface area contributed by atoms with Gasteiger partial charge in [-0.05, 0) is 37.3 Å². The summed E-state index contributed by atoms with van der Waals surface area (Å²) in [6.07, 6.45) is 14.7. The SMILES string of the molecule is C=C/C(=C\C1=COCO1)CNC(=O)C(=C)N=C(SC)c1c(C(/C=C\CC)=C/C=C/F)n[nH]c1C. The Hall–Kier alpha value is -3.59. The van der Waals surface area contributed by atoms with E-state index < -0.39 is 5.91 Å². The Morgan fingerprint density at radius 3 is 2.88 bits per heavy atom. The van der Waals surface area contributed by atoms with Crippen molar-refractivity contribution in [3.63, 3.8) is 0 Å². The van der Waals surface area contributed by atoms with Gasteiger partial charge >= 0.3 is 0 Å². The normalized spacial score (nSPS) is 14.8. The molecule has 2 N–H and O–H groups in total. The van der Waals surface area contributed by atoms with Crippen molar-refractivity contribution in [3.8, 4) is 0 Å². The molecule has 180 valence electrons. The number of halogens is 1. The van der Waals surface area contributed by atoms with E-state index in [9.17, 15) is 9.18 Å². The van der Waals surface area contributed by atoms with Crippen LogP contribution in [-0.4, -0.2) is 40.7 Å². The Morgan fingerprint density at radius 2 is 2.26 bits per heavy atom. The third-order valence-corrected chi connectivity index (χ3v) is 5.23. The van der Waals surface area contributed by atoms with E-state index in [4.69, 9.17) is 9.47 Å². The fraction of sp³-hybridized carbons (Fsp3) is 0.240. The number of amides is 1. The van der Waals surface area contributed by atoms with Crippen LogP contribution in [0.2, 0.25) is 0 Å². The second-order valence-electron chi connectivity index (χ2n) is 6.95. The first-order valence-electron chi connectivity index (χ1n) is 10.5. The van der Waals surface area contributed by atoms with Crippen molar-refractivity contribution in [2.45, 2.75) is 20.3 Å². The molecule has 1 amide bonds. The van der Waals surface area contributed by atoms with Crippen molar-refractivity contribution in [1.82, 2.24) is 15.5 Å². The van der Waals surface area contributed by atoms with Gasteiger partial charge in [-0.1, -0.05) is 44.4 Å². The van der Waals surface area contributed by atoms with Crippen LogP contribution in [0.3, 0.4) is 0 Å². The predicted octanol–water partition coefficient (Wildman–Crippen LogP) is 5.25. The summed E-state index contributed by atoms with van der Waals surface area (Å²) in [4.78, 5) is 17.1. The summed E-state index contributed by atoms with van der Waals surface area (Å²) in [5, 5.41) is 10.7. The molecule has 2 heterocycles. The summed E-state index contributed by atoms with van der Waals surface area (Å²) in [6.45, 7) is 11.8. The number of aromatic nitrogens is 2. The number of hydrogen-bond donors (Lipinski definition) is 2. The molecule has 34 heavy (non-hydrogen) atoms. The standard InChI is InChI=1S/C25H29FN4O3S/c1-6-8-10-20(11-9-12-26)23-22(17(3)29-30-23)25(34-5)28-18(4)24(31)27-14-19(7-2)13-21-15-32-16-33-21/h7-13,15H,2,4,6,14,16H2,1,3,5H3,(H,27,31)(H,29,30)/b10-8-,12-9+,19-13+,20-11+,28-25?. The fourth-order valence-corrected chi connectivity index (χ4v) is 3.51. The molecule has 0 atom stereocenters. The Kier molecular flexibility index (Phi) is 10.9. The predicted molar refractivity (Wildman–Crippen MR) is 137 cm³/mol. The molecule has 9 heteroatoms. The average Bonchev–Trinajstić information content (AvgIpc) is 3.49. The van der Waals surface area contributed by atoms with Crippen molar-refractivity contribution < 1.29 is 18.7 Å². The van der Waals surface area contributed by atoms with Gasteiger partial charge in [-0.3, -0.25) is 9.89 Å². The molecule has 0 aliphatic carbocycles. The van der Waals surface area contributed by atoms with Crippen molar-refractivity contribution in [3.05, 3.63) is 96.2 Å². The zero-order chi connectivity index (χ0) is 24.9. The minimum absolute atomic E-state index is 0.0391. The number of H-pyrrole nitrogens is 1. The van der Waals surface area contributed by atoms with Gasteiger partial charge in [0.1, 0.15) is 22.7 Å². The quantitative estimate of drug-likeness (QED) is 0.194. The smallest absolute Gasteiger partial charge is 0.269 e. The Morgan fingerprint density at radius 1 is 1.47 bits per heavy atom. The zero-order valence-corrected chi connectivity index (χ0v) is 20.4. The number of nitrogens with zero attached hydrogens (tertiary/aromatic N) is 2. The van der Waals surface area contributed by atoms with Crippen LogP contribution < -0.4 is 5.32 Å². The van der Waals surface area contributed by atoms with Crippen LogP contribution in [0.25, 0.3) is 5.57 Å². The Labute approximate surface area is 203 Å². The number of aryl methyl sites for hydroxylation is 1. The maximum Gasteiger partial charge on any atom is 0.269 e. The van der Waals surface area contributed by atoms with E-state index in [-0.39, 0.29) is 19.0 Å². The van der Waals surface area contributed by atoms with Gasteiger partial charge in [0.15, 0.2) is 5.76 Å². The maximum absolute atomic E-state index is 12.7. The molecule has 0 fully saturated rings. The van der Waals surface area contributed by atoms with E-state index in [2.05, 4.69) is 33.7 Å². The lowest BCUT2D eigenvalue weighted by molar-refractivity contribution is -0.117. The van der Waals surface area contributed by atoms with E-state index in [1.165, 1.54) is 24.1 Å². The van der Waals surface area contributed by atoms with Crippen LogP contribution in [0.4, 0.5) is 4.39 Å². The Balaban J connectivity index is 2.26. The topological polar surface area (TPSA) is 88.6 Å². The van der Waals surface area contributed by atoms with Crippen molar-refractivity contribution in [2.75, 3.05) is 19.6 Å². The van der Waals surface area contributed by atoms with Crippen LogP contribution in [0, 0.1) is 6.92 Å². The molecule has 1 aliphatic rings. The van der Waals surface area contributed by atoms with Gasteiger partial charge in [-0.2, -0.15) is 5.10 Å². The molecule has 0 unspecified atom stereocenters. The van der Waals surface area contributed by atoms with Crippen LogP contribution in [0.15, 0.2) is 84.2 Å². The summed E-state index contributed by atoms with van der Waals surface area (Å²) in [6, 6.07) is 0. The summed E-state index contributed by atoms with van der Waals surface area (Å²) >= 11 is 1.36. The van der Waals surface area contributed by atoms with E-state index in [0.29, 0.717) is 28.4 Å². The number of aromatic amines is 1. The highest BCUT2D eigenvalue weighted by atomic mass is 32.2. The van der Waals surface area contributed by atoms with Crippen LogP contribution >= 0.6 is 11.8 Å². The molecule has 1 aromatic heterocycles. The van der Waals surface area contributed by atoms with E-state index in [1.807, 2.05) is 32.3 Å². The largest absolute Gasteiger partial charge is 0.461 e. The van der Waals surface area contributed by atoms with Gasteiger partial charge in [0, 0.05) is 17.8 Å². The monoisotopic (exact) mass is 484 g/mol. The lowest BCUT2D eigenvalue weighted by Crippen LogP contribution is -2.26. The summed E-state index contributed by atoms with van der Waals surface area (Å²) in [7, 11) is 0. The second kappa shape index (κ2) is 13.8. The van der Waals surface area contributed by atoms with E-state index in [0.717, 1.165) is 23.3 Å². The average molecular weight is 485 g/mol. The molecular weight excluding hydrogens is 455 g/mol. The van der Waals surface area contributed by atoms with Gasteiger partial charge < -0.3 is 14.8 Å². The molecule has 1 aliphatic heterocycles. The highest BCUT2D eigenvalue weighted by Gasteiger charge is 2.19. The van der Waals surface area contributed by atoms with Gasteiger partial charge in [0.05, 0.1) is 11.9 Å². The van der Waals surface area contributed by atoms with Gasteiger partial charge in [0.25, 0.3) is 5.91 Å². The second-order valence-corrected chi connectivity index (χ2v) is 7.74. The number of carbonyl (C=O) groups is 1. The third-order valence-electron chi connectivity index (χ3n) is 4.54. The van der Waals surface area contributed by atoms with Crippen LogP contribution in [-0.2, 0) is 14.3 Å². The van der Waals surface area contributed by atoms with Crippen molar-refractivity contribution >= 4 is 28.3 Å². The molecule has 1 aromatic rings. The molecule has 0 aromatic carbocycles. The summed E-state index contributed by atoms with van der Waals surface area (Å²) in [5.41, 5.74) is 3.57. The molecule has 0 radical (unpaired) electrons. The maximum atomic E-state index is 12.7. The molecule has 2 rings (SSSR count). The first kappa shape index (κ1) is 26.7. The molecule has 0 saturated heterocycles. The number of ether oxygens (including phenoxy) is 2. The Bertz CT molecular complexity index is 1090. The van der Waals surface area contributed by atoms with Crippen LogP contribution in [0.5, 0.6) is 0 Å². The zero-order valence-electron chi connectivity index (χ0n) is 19.6. The summed E-state index contributed by atoms with van der Waals surface area (Å²) in [5.74, 6) is 0.124. The first-order valence-corrected chi connectivity index (χ1v) is 11.7. The minimum atomic E-state index is -0.429. The number of thioether (sulfide) groups is 1. The van der Waals surface area contributed by atoms with Crippen molar-refractivity contribution in [2.24, 2.45) is 4.99 Å². The third kappa shape index (κ3) is 7.48. The highest BCUT2D eigenvalue weighted by Crippen LogP contribution is 2.26. The van der Waals surface area contributed by atoms with Crippen molar-refractivity contribution in [1.29, 1.82) is 0 Å². The summed E-state index contributed by atoms with van der Waals surface area (Å²) < 4.78 is 22.9. The highest BCUT2D eigenvalue weighted by molar-refractivity contribution is 8.13. The number of rotatable bonds is 11. The number of carbonyl (C=O) groups excluding carboxylic acids is 1. The molecular formula is C25H29FN4O3S. The lowest BCUT2D eigenvalue weighted by Gasteiger charge is -2.09. The minimum Gasteiger partial charge on any atom is -0.461 e. The molecule has 0 spiro atoms. The fourth-order valence-electron chi connectivity index (χ4n) is 2.85. The number of nitrogens with one attached hydrogen (secondary N) is 2. The lowest BCUT2D eigenvalue weighted by atomic mass is 10.1. The number of hydrogen-bond acceptors (Lipinski definition) is 6. The van der Waals surface area contributed by atoms with Gasteiger partial charge in [-0.25, -0.2) is 9.38 Å². The molecule has 7 nitrogen and oxygen atoms in total. The van der Waals surface area contributed by atoms with Gasteiger partial charge in [0.2, 0.25) is 6.79 Å². The van der Waals surface area contributed by atoms with E-state index >= 15 is 0 Å². The number of allylic oxidation sites excluding steroid dienone is 6. The number of aliphatic imine (C=N–C) groups is 1. The first-order chi connectivity index (χ1) is 16.4. The molecule has 0 saturated carbocycles. The van der Waals surface area contributed by atoms with Gasteiger partial charge in [-0.15, -0.1) is 11.8 Å². The molecule has 0 bridgehead atoms. The van der Waals surface area contributed by atoms with Crippen LogP contribution in [0.1, 0.15) is 30.3 Å². The van der Waals surface area contributed by atoms with E-state index in [1.54, 1.807) is 18.2 Å².